The van der Waals surface area contributed by atoms with Crippen molar-refractivity contribution < 1.29 is 18.3 Å². The van der Waals surface area contributed by atoms with Crippen LogP contribution in [0, 0.1) is 0 Å². The van der Waals surface area contributed by atoms with Crippen molar-refractivity contribution in [1.82, 2.24) is 19.7 Å². The molecule has 0 atom stereocenters. The van der Waals surface area contributed by atoms with E-state index in [1.165, 1.54) is 18.6 Å². The number of sulfone groups is 1. The van der Waals surface area contributed by atoms with Crippen molar-refractivity contribution in [3.8, 4) is 5.82 Å². The smallest absolute Gasteiger partial charge is 0.358 e. The standard InChI is InChI=1S/C9H8N4O4S/c1-18(16,17)6-4-12-13(5-6)8-7(9(14)15)10-2-3-11-8/h2-5H,1H3,(H,14,15). The Morgan fingerprint density at radius 1 is 1.33 bits per heavy atom. The number of aromatic carboxylic acids is 1. The van der Waals surface area contributed by atoms with Crippen LogP contribution in [0.5, 0.6) is 0 Å². The number of rotatable bonds is 3. The van der Waals surface area contributed by atoms with Gasteiger partial charge in [0.2, 0.25) is 0 Å². The third-order valence-corrected chi connectivity index (χ3v) is 3.15. The first-order valence-corrected chi connectivity index (χ1v) is 6.58. The van der Waals surface area contributed by atoms with Gasteiger partial charge in [-0.1, -0.05) is 0 Å². The third-order valence-electron chi connectivity index (χ3n) is 2.09. The van der Waals surface area contributed by atoms with Crippen LogP contribution in [0.2, 0.25) is 0 Å². The van der Waals surface area contributed by atoms with E-state index in [4.69, 9.17) is 5.11 Å². The van der Waals surface area contributed by atoms with E-state index in [-0.39, 0.29) is 16.4 Å². The Labute approximate surface area is 102 Å². The third kappa shape index (κ3) is 2.20. The van der Waals surface area contributed by atoms with Crippen LogP contribution in [0.25, 0.3) is 5.82 Å². The zero-order valence-corrected chi connectivity index (χ0v) is 9.99. The number of hydrogen-bond acceptors (Lipinski definition) is 6. The molecule has 0 bridgehead atoms. The Balaban J connectivity index is 2.57. The monoisotopic (exact) mass is 268 g/mol. The van der Waals surface area contributed by atoms with Gasteiger partial charge in [0.05, 0.1) is 12.4 Å². The molecule has 9 heteroatoms. The highest BCUT2D eigenvalue weighted by atomic mass is 32.2. The molecule has 0 aliphatic heterocycles. The molecule has 18 heavy (non-hydrogen) atoms. The van der Waals surface area contributed by atoms with Crippen molar-refractivity contribution in [2.45, 2.75) is 4.90 Å². The van der Waals surface area contributed by atoms with Gasteiger partial charge in [0.25, 0.3) is 0 Å². The summed E-state index contributed by atoms with van der Waals surface area (Å²) in [5.74, 6) is -1.31. The summed E-state index contributed by atoms with van der Waals surface area (Å²) in [7, 11) is -3.40. The Kier molecular flexibility index (Phi) is 2.83. The lowest BCUT2D eigenvalue weighted by Gasteiger charge is -2.02. The highest BCUT2D eigenvalue weighted by molar-refractivity contribution is 7.90. The Bertz CT molecular complexity index is 707. The van der Waals surface area contributed by atoms with Gasteiger partial charge in [0, 0.05) is 18.6 Å². The molecule has 0 amide bonds. The van der Waals surface area contributed by atoms with E-state index in [1.807, 2.05) is 0 Å². The molecule has 8 nitrogen and oxygen atoms in total. The van der Waals surface area contributed by atoms with Crippen LogP contribution in [0.15, 0.2) is 29.7 Å². The molecular weight excluding hydrogens is 260 g/mol. The van der Waals surface area contributed by atoms with Crippen molar-refractivity contribution in [3.63, 3.8) is 0 Å². The summed E-state index contributed by atoms with van der Waals surface area (Å²) in [6, 6.07) is 0. The molecule has 2 heterocycles. The highest BCUT2D eigenvalue weighted by Crippen LogP contribution is 2.12. The van der Waals surface area contributed by atoms with Crippen LogP contribution in [0.4, 0.5) is 0 Å². The summed E-state index contributed by atoms with van der Waals surface area (Å²) in [5.41, 5.74) is -0.305. The van der Waals surface area contributed by atoms with E-state index in [0.717, 1.165) is 17.1 Å². The SMILES string of the molecule is CS(=O)(=O)c1cnn(-c2nccnc2C(=O)O)c1. The minimum atomic E-state index is -3.40. The second kappa shape index (κ2) is 4.18. The lowest BCUT2D eigenvalue weighted by atomic mass is 10.4. The topological polar surface area (TPSA) is 115 Å². The average Bonchev–Trinajstić information content (AvgIpc) is 2.77. The van der Waals surface area contributed by atoms with Crippen LogP contribution in [-0.4, -0.2) is 45.5 Å². The summed E-state index contributed by atoms with van der Waals surface area (Å²) in [5, 5.41) is 12.7. The lowest BCUT2D eigenvalue weighted by molar-refractivity contribution is 0.0689. The fourth-order valence-corrected chi connectivity index (χ4v) is 1.79. The van der Waals surface area contributed by atoms with Crippen molar-refractivity contribution in [1.29, 1.82) is 0 Å². The minimum absolute atomic E-state index is 0.0236. The largest absolute Gasteiger partial charge is 0.476 e. The number of carboxylic acids is 1. The average molecular weight is 268 g/mol. The molecule has 0 saturated heterocycles. The minimum Gasteiger partial charge on any atom is -0.476 e. The molecule has 0 spiro atoms. The fraction of sp³-hybridized carbons (Fsp3) is 0.111. The van der Waals surface area contributed by atoms with Crippen LogP contribution in [-0.2, 0) is 9.84 Å². The van der Waals surface area contributed by atoms with Crippen LogP contribution in [0.1, 0.15) is 10.5 Å². The van der Waals surface area contributed by atoms with Gasteiger partial charge in [0.15, 0.2) is 21.3 Å². The number of carbonyl (C=O) groups is 1. The first kappa shape index (κ1) is 12.2. The van der Waals surface area contributed by atoms with Crippen LogP contribution in [0.3, 0.4) is 0 Å². The molecule has 2 aromatic rings. The Hall–Kier alpha value is -2.29. The molecule has 0 aromatic carbocycles. The molecule has 0 aliphatic carbocycles. The normalized spacial score (nSPS) is 11.4. The second-order valence-electron chi connectivity index (χ2n) is 3.43. The Morgan fingerprint density at radius 2 is 2.00 bits per heavy atom. The molecular formula is C9H8N4O4S. The number of hydrogen-bond donors (Lipinski definition) is 1. The Morgan fingerprint density at radius 3 is 2.56 bits per heavy atom. The second-order valence-corrected chi connectivity index (χ2v) is 5.44. The molecule has 2 rings (SSSR count). The van der Waals surface area contributed by atoms with Gasteiger partial charge in [-0.3, -0.25) is 0 Å². The van der Waals surface area contributed by atoms with E-state index < -0.39 is 15.8 Å². The van der Waals surface area contributed by atoms with Gasteiger partial charge in [-0.25, -0.2) is 27.9 Å². The van der Waals surface area contributed by atoms with Gasteiger partial charge >= 0.3 is 5.97 Å². The van der Waals surface area contributed by atoms with Crippen molar-refractivity contribution >= 4 is 15.8 Å². The summed E-state index contributed by atoms with van der Waals surface area (Å²) in [6.45, 7) is 0. The zero-order valence-electron chi connectivity index (χ0n) is 9.18. The van der Waals surface area contributed by atoms with E-state index in [0.29, 0.717) is 0 Å². The summed E-state index contributed by atoms with van der Waals surface area (Å²) < 4.78 is 23.6. The predicted octanol–water partition coefficient (Wildman–Crippen LogP) is -0.236. The molecule has 0 saturated carbocycles. The van der Waals surface area contributed by atoms with E-state index >= 15 is 0 Å². The van der Waals surface area contributed by atoms with Crippen LogP contribution >= 0.6 is 0 Å². The van der Waals surface area contributed by atoms with E-state index in [2.05, 4.69) is 15.1 Å². The van der Waals surface area contributed by atoms with Crippen molar-refractivity contribution in [2.75, 3.05) is 6.26 Å². The van der Waals surface area contributed by atoms with Crippen molar-refractivity contribution in [3.05, 3.63) is 30.5 Å². The molecule has 0 unspecified atom stereocenters. The van der Waals surface area contributed by atoms with Gasteiger partial charge in [0.1, 0.15) is 4.90 Å². The first-order valence-electron chi connectivity index (χ1n) is 4.69. The van der Waals surface area contributed by atoms with Crippen molar-refractivity contribution in [2.24, 2.45) is 0 Å². The summed E-state index contributed by atoms with van der Waals surface area (Å²) in [6.07, 6.45) is 5.86. The van der Waals surface area contributed by atoms with Gasteiger partial charge in [-0.05, 0) is 0 Å². The number of carboxylic acid groups (broad SMARTS) is 1. The van der Waals surface area contributed by atoms with Gasteiger partial charge < -0.3 is 5.11 Å². The summed E-state index contributed by atoms with van der Waals surface area (Å²) in [4.78, 5) is 18.4. The zero-order chi connectivity index (χ0) is 13.3. The molecule has 0 fully saturated rings. The van der Waals surface area contributed by atoms with Gasteiger partial charge in [-0.15, -0.1) is 0 Å². The maximum Gasteiger partial charge on any atom is 0.358 e. The maximum atomic E-state index is 11.3. The quantitative estimate of drug-likeness (QED) is 0.816. The first-order chi connectivity index (χ1) is 8.39. The highest BCUT2D eigenvalue weighted by Gasteiger charge is 2.17. The maximum absolute atomic E-state index is 11.3. The van der Waals surface area contributed by atoms with Crippen LogP contribution < -0.4 is 0 Å². The van der Waals surface area contributed by atoms with E-state index in [9.17, 15) is 13.2 Å². The van der Waals surface area contributed by atoms with Gasteiger partial charge in [-0.2, -0.15) is 5.10 Å². The molecule has 1 N–H and O–H groups in total. The molecule has 0 aliphatic rings. The number of nitrogens with zero attached hydrogens (tertiary/aromatic N) is 4. The van der Waals surface area contributed by atoms with E-state index in [1.54, 1.807) is 0 Å². The predicted molar refractivity (Wildman–Crippen MR) is 59.2 cm³/mol. The molecule has 2 aromatic heterocycles. The fourth-order valence-electron chi connectivity index (χ4n) is 1.26. The number of aromatic nitrogens is 4. The molecule has 0 radical (unpaired) electrons. The summed E-state index contributed by atoms with van der Waals surface area (Å²) >= 11 is 0. The molecule has 94 valence electrons. The lowest BCUT2D eigenvalue weighted by Crippen LogP contribution is -2.10.